The molecule has 0 unspecified atom stereocenters. The van der Waals surface area contributed by atoms with Crippen LogP contribution >= 0.6 is 0 Å². The van der Waals surface area contributed by atoms with E-state index in [0.29, 0.717) is 19.0 Å². The minimum atomic E-state index is -0.427. The summed E-state index contributed by atoms with van der Waals surface area (Å²) in [4.78, 5) is 13.2. The fourth-order valence-electron chi connectivity index (χ4n) is 1.36. The van der Waals surface area contributed by atoms with Crippen LogP contribution in [-0.2, 0) is 4.74 Å². The highest BCUT2D eigenvalue weighted by Crippen LogP contribution is 2.20. The van der Waals surface area contributed by atoms with Crippen molar-refractivity contribution >= 4 is 6.09 Å². The second-order valence-corrected chi connectivity index (χ2v) is 4.76. The van der Waals surface area contributed by atoms with Gasteiger partial charge in [-0.25, -0.2) is 4.79 Å². The second-order valence-electron chi connectivity index (χ2n) is 4.76. The Morgan fingerprint density at radius 3 is 2.60 bits per heavy atom. The van der Waals surface area contributed by atoms with Gasteiger partial charge >= 0.3 is 6.09 Å². The lowest BCUT2D eigenvalue weighted by Gasteiger charge is -2.38. The van der Waals surface area contributed by atoms with Gasteiger partial charge in [0.15, 0.2) is 0 Å². The number of hydrogen-bond acceptors (Lipinski definition) is 3. The Morgan fingerprint density at radius 1 is 1.53 bits per heavy atom. The third-order valence-electron chi connectivity index (χ3n) is 2.08. The molecule has 0 aliphatic carbocycles. The van der Waals surface area contributed by atoms with Crippen molar-refractivity contribution in [1.29, 1.82) is 0 Å². The van der Waals surface area contributed by atoms with Crippen LogP contribution in [0.15, 0.2) is 12.2 Å². The third-order valence-corrected chi connectivity index (χ3v) is 2.08. The van der Waals surface area contributed by atoms with Gasteiger partial charge in [-0.3, -0.25) is 0 Å². The van der Waals surface area contributed by atoms with Gasteiger partial charge in [-0.2, -0.15) is 0 Å². The van der Waals surface area contributed by atoms with Gasteiger partial charge in [-0.15, -0.1) is 0 Å². The Labute approximate surface area is 90.5 Å². The van der Waals surface area contributed by atoms with Crippen LogP contribution in [0.4, 0.5) is 4.79 Å². The fourth-order valence-corrected chi connectivity index (χ4v) is 1.36. The van der Waals surface area contributed by atoms with Crippen molar-refractivity contribution in [2.45, 2.75) is 26.4 Å². The molecular formula is C11H19NO3. The largest absolute Gasteiger partial charge is 0.444 e. The van der Waals surface area contributed by atoms with E-state index in [0.717, 1.165) is 0 Å². The molecule has 1 aliphatic heterocycles. The van der Waals surface area contributed by atoms with E-state index in [1.165, 1.54) is 0 Å². The molecule has 86 valence electrons. The summed E-state index contributed by atoms with van der Waals surface area (Å²) in [7, 11) is 0. The standard InChI is InChI=1S/C11H19NO3/c1-11(2,3)15-10(14)12-7-9(8-12)5-4-6-13/h4-5,9,13H,6-8H2,1-3H3/b5-4+. The summed E-state index contributed by atoms with van der Waals surface area (Å²) in [6, 6.07) is 0. The van der Waals surface area contributed by atoms with E-state index < -0.39 is 5.60 Å². The number of nitrogens with zero attached hydrogens (tertiary/aromatic N) is 1. The van der Waals surface area contributed by atoms with Crippen molar-refractivity contribution in [3.8, 4) is 0 Å². The first kappa shape index (κ1) is 12.0. The SMILES string of the molecule is CC(C)(C)OC(=O)N1CC(/C=C/CO)C1. The summed E-state index contributed by atoms with van der Waals surface area (Å²) < 4.78 is 5.21. The van der Waals surface area contributed by atoms with Crippen molar-refractivity contribution in [2.75, 3.05) is 19.7 Å². The second kappa shape index (κ2) is 4.66. The number of ether oxygens (including phenoxy) is 1. The number of carbonyl (C=O) groups is 1. The van der Waals surface area contributed by atoms with Crippen LogP contribution in [0.25, 0.3) is 0 Å². The van der Waals surface area contributed by atoms with E-state index in [1.807, 2.05) is 26.8 Å². The molecule has 1 heterocycles. The molecule has 15 heavy (non-hydrogen) atoms. The van der Waals surface area contributed by atoms with Crippen LogP contribution in [0.2, 0.25) is 0 Å². The van der Waals surface area contributed by atoms with E-state index >= 15 is 0 Å². The van der Waals surface area contributed by atoms with E-state index in [2.05, 4.69) is 0 Å². The van der Waals surface area contributed by atoms with Crippen LogP contribution in [0.3, 0.4) is 0 Å². The van der Waals surface area contributed by atoms with Gasteiger partial charge < -0.3 is 14.7 Å². The Kier molecular flexibility index (Phi) is 3.74. The number of amides is 1. The Morgan fingerprint density at radius 2 is 2.13 bits per heavy atom. The normalized spacial score (nSPS) is 18.0. The quantitative estimate of drug-likeness (QED) is 0.705. The monoisotopic (exact) mass is 213 g/mol. The molecule has 0 spiro atoms. The molecule has 0 radical (unpaired) electrons. The van der Waals surface area contributed by atoms with Crippen LogP contribution in [0.1, 0.15) is 20.8 Å². The number of aliphatic hydroxyl groups is 1. The lowest BCUT2D eigenvalue weighted by molar-refractivity contribution is 0.00488. The van der Waals surface area contributed by atoms with Gasteiger partial charge in [0.2, 0.25) is 0 Å². The molecule has 0 aromatic heterocycles. The molecule has 0 aromatic rings. The highest BCUT2D eigenvalue weighted by atomic mass is 16.6. The van der Waals surface area contributed by atoms with E-state index in [9.17, 15) is 4.79 Å². The number of likely N-dealkylation sites (tertiary alicyclic amines) is 1. The first-order valence-corrected chi connectivity index (χ1v) is 5.18. The van der Waals surface area contributed by atoms with Crippen molar-refractivity contribution in [2.24, 2.45) is 5.92 Å². The van der Waals surface area contributed by atoms with Crippen molar-refractivity contribution < 1.29 is 14.6 Å². The van der Waals surface area contributed by atoms with Crippen LogP contribution in [-0.4, -0.2) is 41.4 Å². The zero-order valence-corrected chi connectivity index (χ0v) is 9.56. The summed E-state index contributed by atoms with van der Waals surface area (Å²) in [5, 5.41) is 8.57. The van der Waals surface area contributed by atoms with E-state index in [1.54, 1.807) is 11.0 Å². The smallest absolute Gasteiger partial charge is 0.410 e. The Balaban J connectivity index is 2.27. The summed E-state index contributed by atoms with van der Waals surface area (Å²) in [6.07, 6.45) is 3.38. The van der Waals surface area contributed by atoms with Gasteiger partial charge in [-0.05, 0) is 20.8 Å². The highest BCUT2D eigenvalue weighted by Gasteiger charge is 2.31. The van der Waals surface area contributed by atoms with Crippen molar-refractivity contribution in [3.63, 3.8) is 0 Å². The lowest BCUT2D eigenvalue weighted by atomic mass is 10.0. The molecule has 0 saturated carbocycles. The van der Waals surface area contributed by atoms with Gasteiger partial charge in [0.1, 0.15) is 5.60 Å². The summed E-state index contributed by atoms with van der Waals surface area (Å²) >= 11 is 0. The predicted octanol–water partition coefficient (Wildman–Crippen LogP) is 1.40. The van der Waals surface area contributed by atoms with Crippen LogP contribution < -0.4 is 0 Å². The minimum Gasteiger partial charge on any atom is -0.444 e. The number of carbonyl (C=O) groups excluding carboxylic acids is 1. The molecule has 0 aromatic carbocycles. The number of rotatable bonds is 2. The molecular weight excluding hydrogens is 194 g/mol. The van der Waals surface area contributed by atoms with Gasteiger partial charge in [-0.1, -0.05) is 12.2 Å². The number of hydrogen-bond donors (Lipinski definition) is 1. The maximum atomic E-state index is 11.5. The first-order valence-electron chi connectivity index (χ1n) is 5.18. The molecule has 4 heteroatoms. The molecule has 1 saturated heterocycles. The zero-order valence-electron chi connectivity index (χ0n) is 9.56. The maximum Gasteiger partial charge on any atom is 0.410 e. The average molecular weight is 213 g/mol. The summed E-state index contributed by atoms with van der Waals surface area (Å²) in [5.74, 6) is 0.365. The molecule has 4 nitrogen and oxygen atoms in total. The summed E-state index contributed by atoms with van der Waals surface area (Å²) in [5.41, 5.74) is -0.427. The fraction of sp³-hybridized carbons (Fsp3) is 0.727. The maximum absolute atomic E-state index is 11.5. The topological polar surface area (TPSA) is 49.8 Å². The molecule has 1 fully saturated rings. The van der Waals surface area contributed by atoms with Gasteiger partial charge in [0.05, 0.1) is 6.61 Å². The summed E-state index contributed by atoms with van der Waals surface area (Å²) in [6.45, 7) is 7.00. The molecule has 1 aliphatic rings. The lowest BCUT2D eigenvalue weighted by Crippen LogP contribution is -2.50. The minimum absolute atomic E-state index is 0.0585. The van der Waals surface area contributed by atoms with E-state index in [4.69, 9.17) is 9.84 Å². The van der Waals surface area contributed by atoms with Crippen LogP contribution in [0, 0.1) is 5.92 Å². The zero-order chi connectivity index (χ0) is 11.5. The third kappa shape index (κ3) is 3.91. The molecule has 0 bridgehead atoms. The molecule has 0 atom stereocenters. The molecule has 1 N–H and O–H groups in total. The molecule has 1 amide bonds. The first-order chi connectivity index (χ1) is 6.92. The highest BCUT2D eigenvalue weighted by molar-refractivity contribution is 5.69. The van der Waals surface area contributed by atoms with Crippen molar-refractivity contribution in [3.05, 3.63) is 12.2 Å². The van der Waals surface area contributed by atoms with Crippen molar-refractivity contribution in [1.82, 2.24) is 4.90 Å². The predicted molar refractivity (Wildman–Crippen MR) is 57.5 cm³/mol. The Bertz CT molecular complexity index is 249. The Hall–Kier alpha value is -1.03. The van der Waals surface area contributed by atoms with Gasteiger partial charge in [0, 0.05) is 19.0 Å². The van der Waals surface area contributed by atoms with Crippen LogP contribution in [0.5, 0.6) is 0 Å². The average Bonchev–Trinajstić information content (AvgIpc) is 1.98. The number of aliphatic hydroxyl groups excluding tert-OH is 1. The molecule has 1 rings (SSSR count). The van der Waals surface area contributed by atoms with Gasteiger partial charge in [0.25, 0.3) is 0 Å². The van der Waals surface area contributed by atoms with E-state index in [-0.39, 0.29) is 12.7 Å².